The Morgan fingerprint density at radius 3 is 2.26 bits per heavy atom. The first-order valence-electron chi connectivity index (χ1n) is 6.56. The van der Waals surface area contributed by atoms with Crippen LogP contribution >= 0.6 is 0 Å². The number of carbonyl (C=O) groups excluding carboxylic acids is 2. The molecule has 19 heavy (non-hydrogen) atoms. The Bertz CT molecular complexity index is 334. The SMILES string of the molecule is CON(C)C(=O)C(NC(=O)OC(C)(C)C)C1CCC1. The van der Waals surface area contributed by atoms with Crippen molar-refractivity contribution in [2.24, 2.45) is 5.92 Å². The van der Waals surface area contributed by atoms with Crippen LogP contribution in [0, 0.1) is 5.92 Å². The van der Waals surface area contributed by atoms with E-state index in [4.69, 9.17) is 9.57 Å². The first-order valence-corrected chi connectivity index (χ1v) is 6.56. The van der Waals surface area contributed by atoms with Crippen molar-refractivity contribution in [2.75, 3.05) is 14.2 Å². The molecule has 6 heteroatoms. The molecule has 110 valence electrons. The summed E-state index contributed by atoms with van der Waals surface area (Å²) in [5.74, 6) is -0.0873. The zero-order valence-corrected chi connectivity index (χ0v) is 12.4. The fourth-order valence-corrected chi connectivity index (χ4v) is 1.87. The molecule has 0 aromatic heterocycles. The van der Waals surface area contributed by atoms with Crippen LogP contribution in [0.3, 0.4) is 0 Å². The van der Waals surface area contributed by atoms with Gasteiger partial charge in [0.1, 0.15) is 11.6 Å². The van der Waals surface area contributed by atoms with Gasteiger partial charge in [0, 0.05) is 7.05 Å². The number of amides is 2. The van der Waals surface area contributed by atoms with E-state index in [0.717, 1.165) is 24.3 Å². The maximum atomic E-state index is 12.1. The molecule has 1 unspecified atom stereocenters. The maximum Gasteiger partial charge on any atom is 0.408 e. The number of nitrogens with zero attached hydrogens (tertiary/aromatic N) is 1. The third kappa shape index (κ3) is 4.70. The minimum absolute atomic E-state index is 0.164. The molecule has 0 spiro atoms. The highest BCUT2D eigenvalue weighted by atomic mass is 16.7. The molecule has 0 aliphatic heterocycles. The predicted molar refractivity (Wildman–Crippen MR) is 70.3 cm³/mol. The largest absolute Gasteiger partial charge is 0.444 e. The molecule has 1 fully saturated rings. The van der Waals surface area contributed by atoms with Crippen molar-refractivity contribution in [1.29, 1.82) is 0 Å². The van der Waals surface area contributed by atoms with Gasteiger partial charge in [0.25, 0.3) is 5.91 Å². The van der Waals surface area contributed by atoms with E-state index < -0.39 is 17.7 Å². The molecule has 0 radical (unpaired) electrons. The third-order valence-electron chi connectivity index (χ3n) is 3.14. The smallest absolute Gasteiger partial charge is 0.408 e. The topological polar surface area (TPSA) is 67.9 Å². The van der Waals surface area contributed by atoms with Crippen molar-refractivity contribution in [3.8, 4) is 0 Å². The molecule has 0 heterocycles. The Hall–Kier alpha value is -1.30. The molecule has 1 saturated carbocycles. The Morgan fingerprint density at radius 1 is 1.32 bits per heavy atom. The second-order valence-corrected chi connectivity index (χ2v) is 5.83. The van der Waals surface area contributed by atoms with Crippen LogP contribution in [0.25, 0.3) is 0 Å². The van der Waals surface area contributed by atoms with Crippen molar-refractivity contribution in [3.63, 3.8) is 0 Å². The molecular formula is C13H24N2O4. The van der Waals surface area contributed by atoms with Gasteiger partial charge in [-0.25, -0.2) is 9.86 Å². The summed E-state index contributed by atoms with van der Waals surface area (Å²) in [7, 11) is 2.95. The average Bonchev–Trinajstić information content (AvgIpc) is 2.21. The Labute approximate surface area is 114 Å². The highest BCUT2D eigenvalue weighted by Crippen LogP contribution is 2.30. The van der Waals surface area contributed by atoms with Gasteiger partial charge in [-0.3, -0.25) is 9.63 Å². The van der Waals surface area contributed by atoms with Gasteiger partial charge in [-0.1, -0.05) is 6.42 Å². The van der Waals surface area contributed by atoms with Crippen LogP contribution in [0.2, 0.25) is 0 Å². The highest BCUT2D eigenvalue weighted by molar-refractivity contribution is 5.85. The number of hydrogen-bond donors (Lipinski definition) is 1. The van der Waals surface area contributed by atoms with Crippen molar-refractivity contribution < 1.29 is 19.2 Å². The molecular weight excluding hydrogens is 248 g/mol. The second-order valence-electron chi connectivity index (χ2n) is 5.83. The van der Waals surface area contributed by atoms with Crippen LogP contribution in [-0.4, -0.2) is 42.9 Å². The molecule has 6 nitrogen and oxygen atoms in total. The fourth-order valence-electron chi connectivity index (χ4n) is 1.87. The van der Waals surface area contributed by atoms with E-state index in [9.17, 15) is 9.59 Å². The van der Waals surface area contributed by atoms with E-state index in [1.165, 1.54) is 14.2 Å². The van der Waals surface area contributed by atoms with Gasteiger partial charge in [0.15, 0.2) is 0 Å². The van der Waals surface area contributed by atoms with Gasteiger partial charge in [-0.05, 0) is 39.5 Å². The molecule has 1 N–H and O–H groups in total. The van der Waals surface area contributed by atoms with Crippen molar-refractivity contribution >= 4 is 12.0 Å². The molecule has 0 bridgehead atoms. The monoisotopic (exact) mass is 272 g/mol. The number of likely N-dealkylation sites (N-methyl/N-ethyl adjacent to an activating group) is 1. The second kappa shape index (κ2) is 6.23. The molecule has 1 aliphatic rings. The van der Waals surface area contributed by atoms with E-state index in [1.54, 1.807) is 20.8 Å². The lowest BCUT2D eigenvalue weighted by atomic mass is 9.79. The standard InChI is InChI=1S/C13H24N2O4/c1-13(2,3)19-12(17)14-10(9-7-6-8-9)11(16)15(4)18-5/h9-10H,6-8H2,1-5H3,(H,14,17). The van der Waals surface area contributed by atoms with Crippen molar-refractivity contribution in [1.82, 2.24) is 10.4 Å². The number of hydroxylamine groups is 2. The zero-order chi connectivity index (χ0) is 14.6. The number of carbonyl (C=O) groups is 2. The van der Waals surface area contributed by atoms with Crippen LogP contribution in [0.4, 0.5) is 4.79 Å². The van der Waals surface area contributed by atoms with Gasteiger partial charge < -0.3 is 10.1 Å². The highest BCUT2D eigenvalue weighted by Gasteiger charge is 2.36. The molecule has 0 saturated heterocycles. The third-order valence-corrected chi connectivity index (χ3v) is 3.14. The first kappa shape index (κ1) is 15.8. The quantitative estimate of drug-likeness (QED) is 0.791. The summed E-state index contributed by atoms with van der Waals surface area (Å²) in [6.45, 7) is 5.36. The van der Waals surface area contributed by atoms with Crippen molar-refractivity contribution in [2.45, 2.75) is 51.7 Å². The van der Waals surface area contributed by atoms with Gasteiger partial charge >= 0.3 is 6.09 Å². The van der Waals surface area contributed by atoms with E-state index in [0.29, 0.717) is 0 Å². The molecule has 1 rings (SSSR count). The number of ether oxygens (including phenoxy) is 1. The minimum atomic E-state index is -0.579. The Balaban J connectivity index is 2.64. The normalized spacial score (nSPS) is 17.3. The van der Waals surface area contributed by atoms with Gasteiger partial charge in [0.2, 0.25) is 0 Å². The van der Waals surface area contributed by atoms with E-state index >= 15 is 0 Å². The number of alkyl carbamates (subject to hydrolysis) is 1. The van der Waals surface area contributed by atoms with Crippen LogP contribution in [0.15, 0.2) is 0 Å². The summed E-state index contributed by atoms with van der Waals surface area (Å²) >= 11 is 0. The minimum Gasteiger partial charge on any atom is -0.444 e. The van der Waals surface area contributed by atoms with E-state index in [2.05, 4.69) is 5.32 Å². The summed E-state index contributed by atoms with van der Waals surface area (Å²) in [5, 5.41) is 3.80. The average molecular weight is 272 g/mol. The summed E-state index contributed by atoms with van der Waals surface area (Å²) in [4.78, 5) is 28.8. The first-order chi connectivity index (χ1) is 8.74. The molecule has 0 aromatic rings. The lowest BCUT2D eigenvalue weighted by molar-refractivity contribution is -0.173. The maximum absolute atomic E-state index is 12.1. The Morgan fingerprint density at radius 2 is 1.89 bits per heavy atom. The summed E-state index contributed by atoms with van der Waals surface area (Å²) < 4.78 is 5.19. The summed E-state index contributed by atoms with van der Waals surface area (Å²) in [6.07, 6.45) is 2.39. The van der Waals surface area contributed by atoms with Crippen LogP contribution in [-0.2, 0) is 14.4 Å². The van der Waals surface area contributed by atoms with Crippen LogP contribution in [0.5, 0.6) is 0 Å². The summed E-state index contributed by atoms with van der Waals surface area (Å²) in [5.41, 5.74) is -0.579. The zero-order valence-electron chi connectivity index (χ0n) is 12.4. The molecule has 1 aliphatic carbocycles. The van der Waals surface area contributed by atoms with E-state index in [1.807, 2.05) is 0 Å². The number of rotatable bonds is 4. The van der Waals surface area contributed by atoms with Crippen molar-refractivity contribution in [3.05, 3.63) is 0 Å². The fraction of sp³-hybridized carbons (Fsp3) is 0.846. The molecule has 2 amide bonds. The summed E-state index contributed by atoms with van der Waals surface area (Å²) in [6, 6.07) is -0.575. The van der Waals surface area contributed by atoms with Crippen LogP contribution in [0.1, 0.15) is 40.0 Å². The van der Waals surface area contributed by atoms with Gasteiger partial charge in [-0.2, -0.15) is 0 Å². The lowest BCUT2D eigenvalue weighted by Gasteiger charge is -2.35. The van der Waals surface area contributed by atoms with Crippen LogP contribution < -0.4 is 5.32 Å². The molecule has 0 aromatic carbocycles. The number of hydrogen-bond acceptors (Lipinski definition) is 4. The molecule has 1 atom stereocenters. The predicted octanol–water partition coefficient (Wildman–Crippen LogP) is 1.70. The number of nitrogens with one attached hydrogen (secondary N) is 1. The Kier molecular flexibility index (Phi) is 5.17. The van der Waals surface area contributed by atoms with E-state index in [-0.39, 0.29) is 11.8 Å². The lowest BCUT2D eigenvalue weighted by Crippen LogP contribution is -2.53. The van der Waals surface area contributed by atoms with Gasteiger partial charge in [-0.15, -0.1) is 0 Å². The van der Waals surface area contributed by atoms with Gasteiger partial charge in [0.05, 0.1) is 7.11 Å².